The zero-order valence-corrected chi connectivity index (χ0v) is 14.0. The molecule has 4 rings (SSSR count). The van der Waals surface area contributed by atoms with Crippen molar-refractivity contribution in [3.63, 3.8) is 0 Å². The van der Waals surface area contributed by atoms with Gasteiger partial charge in [-0.15, -0.1) is 0 Å². The van der Waals surface area contributed by atoms with Crippen LogP contribution < -0.4 is 0 Å². The lowest BCUT2D eigenvalue weighted by atomic mass is 10.0. The number of amides is 1. The van der Waals surface area contributed by atoms with E-state index in [1.54, 1.807) is 0 Å². The van der Waals surface area contributed by atoms with Crippen molar-refractivity contribution >= 4 is 16.7 Å². The van der Waals surface area contributed by atoms with Crippen molar-refractivity contribution in [1.29, 1.82) is 0 Å². The molecule has 2 aliphatic rings. The third-order valence-electron chi connectivity index (χ3n) is 5.17. The molecule has 4 nitrogen and oxygen atoms in total. The van der Waals surface area contributed by atoms with E-state index in [0.717, 1.165) is 29.2 Å². The zero-order valence-electron chi connectivity index (χ0n) is 14.0. The topological polar surface area (TPSA) is 38.8 Å². The molecule has 24 heavy (non-hydrogen) atoms. The fourth-order valence-corrected chi connectivity index (χ4v) is 4.05. The van der Waals surface area contributed by atoms with E-state index in [1.165, 1.54) is 0 Å². The van der Waals surface area contributed by atoms with Gasteiger partial charge >= 0.3 is 0 Å². The average molecular weight is 325 g/mol. The first-order valence-electron chi connectivity index (χ1n) is 8.81. The summed E-state index contributed by atoms with van der Waals surface area (Å²) in [4.78, 5) is 15.1. The van der Waals surface area contributed by atoms with E-state index in [1.807, 2.05) is 42.2 Å². The third kappa shape index (κ3) is 2.70. The Labute approximate surface area is 142 Å². The standard InChI is InChI=1S/C20H23NO3/c1-2-23-18-10-9-17-19(18)24-12-11-21(17)20(22)16-8-7-14-5-3-4-6-15(14)13-16/h3-8,13,17-19H,2,9-12H2,1H3/t17-,18-,19+/m0/s1. The highest BCUT2D eigenvalue weighted by Gasteiger charge is 2.44. The lowest BCUT2D eigenvalue weighted by Gasteiger charge is -2.39. The van der Waals surface area contributed by atoms with Gasteiger partial charge in [0, 0.05) is 18.7 Å². The second-order valence-corrected chi connectivity index (χ2v) is 6.53. The van der Waals surface area contributed by atoms with Crippen LogP contribution in [0.5, 0.6) is 0 Å². The van der Waals surface area contributed by atoms with Gasteiger partial charge in [-0.25, -0.2) is 0 Å². The number of rotatable bonds is 3. The highest BCUT2D eigenvalue weighted by atomic mass is 16.5. The molecule has 1 amide bonds. The highest BCUT2D eigenvalue weighted by Crippen LogP contribution is 2.33. The van der Waals surface area contributed by atoms with Gasteiger partial charge in [-0.05, 0) is 42.7 Å². The first-order chi connectivity index (χ1) is 11.8. The van der Waals surface area contributed by atoms with Gasteiger partial charge in [0.05, 0.1) is 18.8 Å². The van der Waals surface area contributed by atoms with Crippen molar-refractivity contribution in [2.24, 2.45) is 0 Å². The molecule has 3 atom stereocenters. The molecule has 2 aromatic carbocycles. The van der Waals surface area contributed by atoms with Crippen LogP contribution in [0.15, 0.2) is 42.5 Å². The average Bonchev–Trinajstić information content (AvgIpc) is 3.04. The van der Waals surface area contributed by atoms with Gasteiger partial charge in [0.15, 0.2) is 0 Å². The van der Waals surface area contributed by atoms with Crippen LogP contribution in [-0.4, -0.2) is 48.8 Å². The second-order valence-electron chi connectivity index (χ2n) is 6.53. The predicted octanol–water partition coefficient (Wildman–Crippen LogP) is 3.25. The second kappa shape index (κ2) is 6.54. The van der Waals surface area contributed by atoms with E-state index < -0.39 is 0 Å². The van der Waals surface area contributed by atoms with Crippen LogP contribution in [0.2, 0.25) is 0 Å². The Morgan fingerprint density at radius 2 is 2.04 bits per heavy atom. The van der Waals surface area contributed by atoms with Gasteiger partial charge in [-0.1, -0.05) is 30.3 Å². The van der Waals surface area contributed by atoms with E-state index in [9.17, 15) is 4.79 Å². The molecule has 0 aromatic heterocycles. The lowest BCUT2D eigenvalue weighted by Crippen LogP contribution is -2.53. The summed E-state index contributed by atoms with van der Waals surface area (Å²) in [7, 11) is 0. The molecule has 2 aromatic rings. The lowest BCUT2D eigenvalue weighted by molar-refractivity contribution is -0.102. The maximum absolute atomic E-state index is 13.1. The summed E-state index contributed by atoms with van der Waals surface area (Å²) in [6, 6.07) is 14.2. The number of benzene rings is 2. The van der Waals surface area contributed by atoms with Gasteiger partial charge in [0.25, 0.3) is 5.91 Å². The number of hydrogen-bond donors (Lipinski definition) is 0. The van der Waals surface area contributed by atoms with Crippen LogP contribution >= 0.6 is 0 Å². The molecule has 0 unspecified atom stereocenters. The molecule has 1 aliphatic carbocycles. The summed E-state index contributed by atoms with van der Waals surface area (Å²) >= 11 is 0. The van der Waals surface area contributed by atoms with Crippen LogP contribution in [-0.2, 0) is 9.47 Å². The summed E-state index contributed by atoms with van der Waals surface area (Å²) in [6.45, 7) is 3.94. The van der Waals surface area contributed by atoms with Crippen LogP contribution in [0.25, 0.3) is 10.8 Å². The quantitative estimate of drug-likeness (QED) is 0.869. The SMILES string of the molecule is CCO[C@H]1CC[C@H]2[C@H]1OCCN2C(=O)c1ccc2ccccc2c1. The van der Waals surface area contributed by atoms with Crippen LogP contribution in [0, 0.1) is 0 Å². The van der Waals surface area contributed by atoms with E-state index >= 15 is 0 Å². The van der Waals surface area contributed by atoms with Crippen LogP contribution in [0.4, 0.5) is 0 Å². The Balaban J connectivity index is 1.58. The summed E-state index contributed by atoms with van der Waals surface area (Å²) in [6.07, 6.45) is 2.05. The first-order valence-corrected chi connectivity index (χ1v) is 8.81. The number of carbonyl (C=O) groups is 1. The number of carbonyl (C=O) groups excluding carboxylic acids is 1. The predicted molar refractivity (Wildman–Crippen MR) is 93.2 cm³/mol. The van der Waals surface area contributed by atoms with Crippen molar-refractivity contribution in [2.75, 3.05) is 19.8 Å². The molecule has 1 heterocycles. The molecule has 0 spiro atoms. The highest BCUT2D eigenvalue weighted by molar-refractivity contribution is 5.98. The largest absolute Gasteiger partial charge is 0.376 e. The van der Waals surface area contributed by atoms with Gasteiger partial charge in [-0.3, -0.25) is 4.79 Å². The van der Waals surface area contributed by atoms with Crippen LogP contribution in [0.3, 0.4) is 0 Å². The number of hydrogen-bond acceptors (Lipinski definition) is 3. The Morgan fingerprint density at radius 1 is 1.21 bits per heavy atom. The molecule has 1 aliphatic heterocycles. The van der Waals surface area contributed by atoms with E-state index in [0.29, 0.717) is 19.8 Å². The number of ether oxygens (including phenoxy) is 2. The van der Waals surface area contributed by atoms with Crippen molar-refractivity contribution in [1.82, 2.24) is 4.90 Å². The van der Waals surface area contributed by atoms with Crippen molar-refractivity contribution in [2.45, 2.75) is 38.0 Å². The summed E-state index contributed by atoms with van der Waals surface area (Å²) < 4.78 is 11.7. The fourth-order valence-electron chi connectivity index (χ4n) is 4.05. The summed E-state index contributed by atoms with van der Waals surface area (Å²) in [5.74, 6) is 0.108. The van der Waals surface area contributed by atoms with Gasteiger partial charge in [-0.2, -0.15) is 0 Å². The molecular formula is C20H23NO3. The van der Waals surface area contributed by atoms with E-state index in [2.05, 4.69) is 12.1 Å². The molecule has 2 fully saturated rings. The van der Waals surface area contributed by atoms with Gasteiger partial charge in [0.1, 0.15) is 6.10 Å². The molecule has 4 heteroatoms. The Kier molecular flexibility index (Phi) is 4.25. The first kappa shape index (κ1) is 15.6. The van der Waals surface area contributed by atoms with E-state index in [4.69, 9.17) is 9.47 Å². The molecule has 1 saturated heterocycles. The number of nitrogens with zero attached hydrogens (tertiary/aromatic N) is 1. The fraction of sp³-hybridized carbons (Fsp3) is 0.450. The molecule has 0 N–H and O–H groups in total. The van der Waals surface area contributed by atoms with Crippen molar-refractivity contribution in [3.05, 3.63) is 48.0 Å². The molecule has 1 saturated carbocycles. The Bertz CT molecular complexity index is 744. The Hall–Kier alpha value is -1.91. The van der Waals surface area contributed by atoms with Gasteiger partial charge in [0.2, 0.25) is 0 Å². The molecule has 0 radical (unpaired) electrons. The summed E-state index contributed by atoms with van der Waals surface area (Å²) in [5.41, 5.74) is 0.759. The van der Waals surface area contributed by atoms with Crippen LogP contribution in [0.1, 0.15) is 30.1 Å². The zero-order chi connectivity index (χ0) is 16.5. The molecule has 0 bridgehead atoms. The Morgan fingerprint density at radius 3 is 2.88 bits per heavy atom. The minimum atomic E-state index is 0.0168. The van der Waals surface area contributed by atoms with Crippen molar-refractivity contribution in [3.8, 4) is 0 Å². The number of morpholine rings is 1. The smallest absolute Gasteiger partial charge is 0.254 e. The van der Waals surface area contributed by atoms with E-state index in [-0.39, 0.29) is 24.2 Å². The number of fused-ring (bicyclic) bond motifs is 2. The van der Waals surface area contributed by atoms with Gasteiger partial charge < -0.3 is 14.4 Å². The monoisotopic (exact) mass is 325 g/mol. The molecule has 126 valence electrons. The maximum Gasteiger partial charge on any atom is 0.254 e. The third-order valence-corrected chi connectivity index (χ3v) is 5.17. The normalized spacial score (nSPS) is 26.5. The minimum Gasteiger partial charge on any atom is -0.376 e. The minimum absolute atomic E-state index is 0.0168. The van der Waals surface area contributed by atoms with Crippen molar-refractivity contribution < 1.29 is 14.3 Å². The maximum atomic E-state index is 13.1. The molecular weight excluding hydrogens is 302 g/mol. The summed E-state index contributed by atoms with van der Waals surface area (Å²) in [5, 5.41) is 2.26.